The first kappa shape index (κ1) is 16.7. The smallest absolute Gasteiger partial charge is 0.325 e. The Balaban J connectivity index is 2.94. The molecule has 0 atom stereocenters. The molecule has 0 saturated carbocycles. The molecule has 0 aliphatic heterocycles. The summed E-state index contributed by atoms with van der Waals surface area (Å²) >= 11 is 0. The molecule has 5 heteroatoms. The molecule has 0 spiro atoms. The monoisotopic (exact) mass is 288 g/mol. The van der Waals surface area contributed by atoms with Gasteiger partial charge in [0.15, 0.2) is 0 Å². The lowest BCUT2D eigenvalue weighted by molar-refractivity contribution is -0.143. The Morgan fingerprint density at radius 1 is 1.38 bits per heavy atom. The fourth-order valence-electron chi connectivity index (χ4n) is 1.83. The Labute approximate surface area is 125 Å². The van der Waals surface area contributed by atoms with Crippen LogP contribution in [0.5, 0.6) is 0 Å². The van der Waals surface area contributed by atoms with Crippen molar-refractivity contribution in [3.63, 3.8) is 0 Å². The Kier molecular flexibility index (Phi) is 6.44. The summed E-state index contributed by atoms with van der Waals surface area (Å²) < 4.78 is 4.84. The van der Waals surface area contributed by atoms with Crippen LogP contribution in [-0.2, 0) is 9.53 Å². The molecule has 21 heavy (non-hydrogen) atoms. The number of ether oxygens (including phenoxy) is 1. The molecule has 112 valence electrons. The van der Waals surface area contributed by atoms with Gasteiger partial charge < -0.3 is 15.4 Å². The lowest BCUT2D eigenvalue weighted by Crippen LogP contribution is -2.33. The van der Waals surface area contributed by atoms with E-state index in [1.807, 2.05) is 13.0 Å². The first-order valence-electron chi connectivity index (χ1n) is 6.70. The normalized spacial score (nSPS) is 9.52. The van der Waals surface area contributed by atoms with Gasteiger partial charge in [-0.3, -0.25) is 9.59 Å². The predicted octanol–water partition coefficient (Wildman–Crippen LogP) is 0.940. The third-order valence-electron chi connectivity index (χ3n) is 2.91. The average Bonchev–Trinajstić information content (AvgIpc) is 2.45. The second-order valence-electron chi connectivity index (χ2n) is 4.45. The largest absolute Gasteiger partial charge is 0.465 e. The Hall–Kier alpha value is -2.32. The Bertz CT molecular complexity index is 585. The van der Waals surface area contributed by atoms with Crippen LogP contribution in [0.4, 0.5) is 0 Å². The van der Waals surface area contributed by atoms with E-state index in [0.29, 0.717) is 12.2 Å². The number of amides is 1. The van der Waals surface area contributed by atoms with E-state index in [2.05, 4.69) is 11.8 Å². The highest BCUT2D eigenvalue weighted by atomic mass is 16.5. The zero-order valence-electron chi connectivity index (χ0n) is 12.6. The molecule has 0 aromatic heterocycles. The molecular weight excluding hydrogens is 268 g/mol. The van der Waals surface area contributed by atoms with Crippen LogP contribution in [-0.4, -0.2) is 43.5 Å². The SMILES string of the molecule is CCOC(=O)CN(C)C(=O)c1cccc(C#CCN)c1C. The number of nitrogens with two attached hydrogens (primary N) is 1. The molecule has 0 radical (unpaired) electrons. The summed E-state index contributed by atoms with van der Waals surface area (Å²) in [4.78, 5) is 25.1. The van der Waals surface area contributed by atoms with E-state index in [0.717, 1.165) is 11.1 Å². The van der Waals surface area contributed by atoms with Crippen molar-refractivity contribution in [3.8, 4) is 11.8 Å². The number of benzene rings is 1. The molecule has 1 aromatic rings. The number of hydrogen-bond donors (Lipinski definition) is 1. The van der Waals surface area contributed by atoms with Gasteiger partial charge in [0.1, 0.15) is 6.54 Å². The average molecular weight is 288 g/mol. The second-order valence-corrected chi connectivity index (χ2v) is 4.45. The Morgan fingerprint density at radius 2 is 2.10 bits per heavy atom. The summed E-state index contributed by atoms with van der Waals surface area (Å²) in [5.41, 5.74) is 7.41. The number of esters is 1. The van der Waals surface area contributed by atoms with E-state index in [1.165, 1.54) is 4.90 Å². The summed E-state index contributed by atoms with van der Waals surface area (Å²) in [6.45, 7) is 4.03. The summed E-state index contributed by atoms with van der Waals surface area (Å²) in [5.74, 6) is 5.03. The highest BCUT2D eigenvalue weighted by Gasteiger charge is 2.18. The molecule has 2 N–H and O–H groups in total. The number of carbonyl (C=O) groups is 2. The summed E-state index contributed by atoms with van der Waals surface area (Å²) in [6, 6.07) is 5.31. The standard InChI is InChI=1S/C16H20N2O3/c1-4-21-15(19)11-18(3)16(20)14-9-5-7-13(12(14)2)8-6-10-17/h5,7,9H,4,10-11,17H2,1-3H3. The van der Waals surface area contributed by atoms with E-state index in [9.17, 15) is 9.59 Å². The fourth-order valence-corrected chi connectivity index (χ4v) is 1.83. The molecule has 0 unspecified atom stereocenters. The van der Waals surface area contributed by atoms with Crippen LogP contribution in [0.25, 0.3) is 0 Å². The van der Waals surface area contributed by atoms with Crippen molar-refractivity contribution in [2.45, 2.75) is 13.8 Å². The lowest BCUT2D eigenvalue weighted by atomic mass is 10.0. The summed E-state index contributed by atoms with van der Waals surface area (Å²) in [7, 11) is 1.57. The molecular formula is C16H20N2O3. The summed E-state index contributed by atoms with van der Waals surface area (Å²) in [5, 5.41) is 0. The van der Waals surface area contributed by atoms with Gasteiger partial charge in [0.25, 0.3) is 5.91 Å². The lowest BCUT2D eigenvalue weighted by Gasteiger charge is -2.17. The van der Waals surface area contributed by atoms with Gasteiger partial charge in [0, 0.05) is 18.2 Å². The van der Waals surface area contributed by atoms with Crippen LogP contribution in [0, 0.1) is 18.8 Å². The molecule has 0 fully saturated rings. The van der Waals surface area contributed by atoms with Crippen LogP contribution in [0.3, 0.4) is 0 Å². The van der Waals surface area contributed by atoms with E-state index >= 15 is 0 Å². The van der Waals surface area contributed by atoms with E-state index < -0.39 is 5.97 Å². The zero-order chi connectivity index (χ0) is 15.8. The maximum atomic E-state index is 12.4. The molecule has 0 bridgehead atoms. The molecule has 0 saturated heterocycles. The highest BCUT2D eigenvalue weighted by molar-refractivity contribution is 5.97. The molecule has 0 aliphatic carbocycles. The molecule has 5 nitrogen and oxygen atoms in total. The second kappa shape index (κ2) is 8.08. The van der Waals surface area contributed by atoms with Gasteiger partial charge in [-0.2, -0.15) is 0 Å². The van der Waals surface area contributed by atoms with Crippen LogP contribution in [0.15, 0.2) is 18.2 Å². The Morgan fingerprint density at radius 3 is 2.71 bits per heavy atom. The van der Waals surface area contributed by atoms with Gasteiger partial charge in [-0.05, 0) is 31.5 Å². The molecule has 1 rings (SSSR count). The van der Waals surface area contributed by atoms with Gasteiger partial charge in [-0.25, -0.2) is 0 Å². The minimum atomic E-state index is -0.426. The van der Waals surface area contributed by atoms with E-state index in [1.54, 1.807) is 26.1 Å². The number of nitrogens with zero attached hydrogens (tertiary/aromatic N) is 1. The van der Waals surface area contributed by atoms with Gasteiger partial charge in [-0.1, -0.05) is 17.9 Å². The van der Waals surface area contributed by atoms with Crippen LogP contribution in [0.2, 0.25) is 0 Å². The number of likely N-dealkylation sites (N-methyl/N-ethyl adjacent to an activating group) is 1. The molecule has 0 heterocycles. The fraction of sp³-hybridized carbons (Fsp3) is 0.375. The van der Waals surface area contributed by atoms with Crippen LogP contribution >= 0.6 is 0 Å². The van der Waals surface area contributed by atoms with Crippen molar-refractivity contribution >= 4 is 11.9 Å². The number of rotatable bonds is 4. The van der Waals surface area contributed by atoms with Gasteiger partial charge in [0.05, 0.1) is 13.2 Å². The van der Waals surface area contributed by atoms with Crippen molar-refractivity contribution in [1.29, 1.82) is 0 Å². The predicted molar refractivity (Wildman–Crippen MR) is 80.7 cm³/mol. The molecule has 1 amide bonds. The first-order chi connectivity index (χ1) is 10.0. The number of hydrogen-bond acceptors (Lipinski definition) is 4. The molecule has 1 aromatic carbocycles. The third-order valence-corrected chi connectivity index (χ3v) is 2.91. The minimum absolute atomic E-state index is 0.0786. The van der Waals surface area contributed by atoms with Crippen LogP contribution < -0.4 is 5.73 Å². The van der Waals surface area contributed by atoms with E-state index in [-0.39, 0.29) is 19.0 Å². The maximum absolute atomic E-state index is 12.4. The van der Waals surface area contributed by atoms with Gasteiger partial charge in [-0.15, -0.1) is 0 Å². The maximum Gasteiger partial charge on any atom is 0.325 e. The topological polar surface area (TPSA) is 72.6 Å². The van der Waals surface area contributed by atoms with E-state index in [4.69, 9.17) is 10.5 Å². The first-order valence-corrected chi connectivity index (χ1v) is 6.70. The van der Waals surface area contributed by atoms with Gasteiger partial charge in [0.2, 0.25) is 0 Å². The van der Waals surface area contributed by atoms with Crippen molar-refractivity contribution < 1.29 is 14.3 Å². The number of carbonyl (C=O) groups excluding carboxylic acids is 2. The summed E-state index contributed by atoms with van der Waals surface area (Å²) in [6.07, 6.45) is 0. The van der Waals surface area contributed by atoms with Crippen molar-refractivity contribution in [2.24, 2.45) is 5.73 Å². The van der Waals surface area contributed by atoms with Crippen molar-refractivity contribution in [2.75, 3.05) is 26.7 Å². The van der Waals surface area contributed by atoms with Crippen LogP contribution in [0.1, 0.15) is 28.4 Å². The van der Waals surface area contributed by atoms with Crippen molar-refractivity contribution in [3.05, 3.63) is 34.9 Å². The van der Waals surface area contributed by atoms with Crippen molar-refractivity contribution in [1.82, 2.24) is 4.90 Å². The third kappa shape index (κ3) is 4.62. The minimum Gasteiger partial charge on any atom is -0.465 e. The zero-order valence-corrected chi connectivity index (χ0v) is 12.6. The molecule has 0 aliphatic rings. The highest BCUT2D eigenvalue weighted by Crippen LogP contribution is 2.14. The van der Waals surface area contributed by atoms with Gasteiger partial charge >= 0.3 is 5.97 Å². The quantitative estimate of drug-likeness (QED) is 0.661.